The van der Waals surface area contributed by atoms with Crippen molar-refractivity contribution in [3.63, 3.8) is 0 Å². The lowest BCUT2D eigenvalue weighted by Gasteiger charge is -2.26. The highest BCUT2D eigenvalue weighted by atomic mass is 32.2. The molecule has 0 spiro atoms. The van der Waals surface area contributed by atoms with Crippen molar-refractivity contribution >= 4 is 10.0 Å². The van der Waals surface area contributed by atoms with Gasteiger partial charge in [-0.1, -0.05) is 32.0 Å². The fourth-order valence-corrected chi connectivity index (χ4v) is 5.19. The fourth-order valence-electron chi connectivity index (χ4n) is 3.45. The Morgan fingerprint density at radius 3 is 2.62 bits per heavy atom. The van der Waals surface area contributed by atoms with E-state index in [1.165, 1.54) is 0 Å². The molecule has 0 radical (unpaired) electrons. The van der Waals surface area contributed by atoms with E-state index in [1.807, 2.05) is 6.07 Å². The molecule has 2 bridgehead atoms. The number of hydrogen-bond donors (Lipinski definition) is 0. The summed E-state index contributed by atoms with van der Waals surface area (Å²) in [5.41, 5.74) is 0. The molecule has 0 unspecified atom stereocenters. The van der Waals surface area contributed by atoms with Gasteiger partial charge >= 0.3 is 0 Å². The third kappa shape index (κ3) is 2.74. The van der Waals surface area contributed by atoms with Crippen LogP contribution in [0.4, 0.5) is 0 Å². The van der Waals surface area contributed by atoms with Crippen LogP contribution in [0.5, 0.6) is 0 Å². The summed E-state index contributed by atoms with van der Waals surface area (Å²) in [4.78, 5) is 0.389. The minimum absolute atomic E-state index is 0.0129. The van der Waals surface area contributed by atoms with Crippen LogP contribution < -0.4 is 0 Å². The molecule has 2 aliphatic rings. The molecule has 0 amide bonds. The fraction of sp³-hybridized carbons (Fsp3) is 0.625. The van der Waals surface area contributed by atoms with Gasteiger partial charge in [0.2, 0.25) is 10.0 Å². The van der Waals surface area contributed by atoms with Gasteiger partial charge in [-0.05, 0) is 30.9 Å². The first-order chi connectivity index (χ1) is 10.00. The van der Waals surface area contributed by atoms with Crippen LogP contribution >= 0.6 is 0 Å². The third-order valence-corrected chi connectivity index (χ3v) is 6.34. The van der Waals surface area contributed by atoms with Gasteiger partial charge in [0.1, 0.15) is 0 Å². The van der Waals surface area contributed by atoms with Gasteiger partial charge in [-0.15, -0.1) is 0 Å². The van der Waals surface area contributed by atoms with Crippen molar-refractivity contribution in [2.24, 2.45) is 11.8 Å². The Balaban J connectivity index is 1.79. The van der Waals surface area contributed by atoms with Crippen LogP contribution in [0.15, 0.2) is 35.2 Å². The summed E-state index contributed by atoms with van der Waals surface area (Å²) in [5.74, 6) is 0.830. The molecule has 3 rings (SSSR count). The average Bonchev–Trinajstić information content (AvgIpc) is 3.03. The van der Waals surface area contributed by atoms with E-state index in [-0.39, 0.29) is 12.1 Å². The van der Waals surface area contributed by atoms with Crippen molar-refractivity contribution in [2.75, 3.05) is 13.2 Å². The Morgan fingerprint density at radius 1 is 1.24 bits per heavy atom. The van der Waals surface area contributed by atoms with Gasteiger partial charge in [0.15, 0.2) is 0 Å². The largest absolute Gasteiger partial charge is 0.376 e. The molecule has 4 nitrogen and oxygen atoms in total. The molecule has 1 aliphatic carbocycles. The number of nitrogens with zero attached hydrogens (tertiary/aromatic N) is 1. The minimum atomic E-state index is -3.39. The Morgan fingerprint density at radius 2 is 1.95 bits per heavy atom. The topological polar surface area (TPSA) is 46.6 Å². The molecule has 0 aromatic heterocycles. The molecule has 3 atom stereocenters. The van der Waals surface area contributed by atoms with Crippen molar-refractivity contribution in [1.29, 1.82) is 0 Å². The zero-order valence-electron chi connectivity index (χ0n) is 12.6. The summed E-state index contributed by atoms with van der Waals surface area (Å²) in [5, 5.41) is 0. The monoisotopic (exact) mass is 309 g/mol. The number of piperidine rings is 1. The van der Waals surface area contributed by atoms with E-state index in [1.54, 1.807) is 28.6 Å². The highest BCUT2D eigenvalue weighted by Gasteiger charge is 2.52. The summed E-state index contributed by atoms with van der Waals surface area (Å²) in [6.07, 6.45) is 2.07. The summed E-state index contributed by atoms with van der Waals surface area (Å²) >= 11 is 0. The van der Waals surface area contributed by atoms with Gasteiger partial charge in [0.25, 0.3) is 0 Å². The molecule has 21 heavy (non-hydrogen) atoms. The standard InChI is InChI=1S/C16H23NO3S/c1-12(2)11-20-16-13-8-9-15(16)17(10-13)21(18,19)14-6-4-3-5-7-14/h3-7,12-13,15-16H,8-11H2,1-2H3/t13-,15+,16-/m0/s1. The summed E-state index contributed by atoms with van der Waals surface area (Å²) in [6.45, 7) is 5.55. The Hall–Kier alpha value is -0.910. The SMILES string of the molecule is CC(C)CO[C@H]1[C@H]2CC[C@H]1N(S(=O)(=O)c1ccccc1)C2. The predicted octanol–water partition coefficient (Wildman–Crippen LogP) is 2.51. The zero-order valence-corrected chi connectivity index (χ0v) is 13.4. The van der Waals surface area contributed by atoms with Gasteiger partial charge in [0, 0.05) is 19.1 Å². The maximum absolute atomic E-state index is 12.8. The van der Waals surface area contributed by atoms with Crippen LogP contribution in [0.1, 0.15) is 26.7 Å². The van der Waals surface area contributed by atoms with Crippen LogP contribution in [-0.2, 0) is 14.8 Å². The van der Waals surface area contributed by atoms with Crippen molar-refractivity contribution in [3.8, 4) is 0 Å². The lowest BCUT2D eigenvalue weighted by molar-refractivity contribution is 0.0182. The first kappa shape index (κ1) is 15.0. The molecule has 1 saturated heterocycles. The van der Waals surface area contributed by atoms with E-state index in [9.17, 15) is 8.42 Å². The molecule has 2 fully saturated rings. The maximum atomic E-state index is 12.8. The molecule has 1 saturated carbocycles. The van der Waals surface area contributed by atoms with Crippen LogP contribution in [0.3, 0.4) is 0 Å². The Bertz CT molecular complexity index is 585. The normalized spacial score (nSPS) is 29.4. The second kappa shape index (κ2) is 5.71. The third-order valence-electron chi connectivity index (χ3n) is 4.43. The van der Waals surface area contributed by atoms with E-state index in [0.717, 1.165) is 12.8 Å². The average molecular weight is 309 g/mol. The molecule has 1 aromatic carbocycles. The molecule has 116 valence electrons. The van der Waals surface area contributed by atoms with E-state index in [4.69, 9.17) is 4.74 Å². The Kier molecular flexibility index (Phi) is 4.08. The molecule has 1 aromatic rings. The van der Waals surface area contributed by atoms with E-state index >= 15 is 0 Å². The zero-order chi connectivity index (χ0) is 15.0. The number of fused-ring (bicyclic) bond motifs is 2. The van der Waals surface area contributed by atoms with Crippen LogP contribution in [0.25, 0.3) is 0 Å². The molecule has 0 N–H and O–H groups in total. The first-order valence-corrected chi connectivity index (χ1v) is 9.12. The van der Waals surface area contributed by atoms with Crippen molar-refractivity contribution in [3.05, 3.63) is 30.3 Å². The highest BCUT2D eigenvalue weighted by Crippen LogP contribution is 2.42. The molecule has 1 heterocycles. The lowest BCUT2D eigenvalue weighted by Crippen LogP contribution is -2.40. The van der Waals surface area contributed by atoms with Crippen LogP contribution in [0.2, 0.25) is 0 Å². The summed E-state index contributed by atoms with van der Waals surface area (Å²) in [7, 11) is -3.39. The quantitative estimate of drug-likeness (QED) is 0.839. The van der Waals surface area contributed by atoms with Crippen molar-refractivity contribution in [2.45, 2.75) is 43.7 Å². The number of benzene rings is 1. The minimum Gasteiger partial charge on any atom is -0.376 e. The smallest absolute Gasteiger partial charge is 0.243 e. The molecular weight excluding hydrogens is 286 g/mol. The molecule has 5 heteroatoms. The second-order valence-electron chi connectivity index (χ2n) is 6.48. The molecule has 1 aliphatic heterocycles. The predicted molar refractivity (Wildman–Crippen MR) is 81.4 cm³/mol. The Labute approximate surface area is 127 Å². The van der Waals surface area contributed by atoms with Gasteiger partial charge in [0.05, 0.1) is 17.0 Å². The van der Waals surface area contributed by atoms with Gasteiger partial charge < -0.3 is 4.74 Å². The van der Waals surface area contributed by atoms with Crippen molar-refractivity contribution in [1.82, 2.24) is 4.31 Å². The van der Waals surface area contributed by atoms with Crippen LogP contribution in [0, 0.1) is 11.8 Å². The van der Waals surface area contributed by atoms with Gasteiger partial charge in [-0.25, -0.2) is 8.42 Å². The van der Waals surface area contributed by atoms with Gasteiger partial charge in [-0.2, -0.15) is 4.31 Å². The number of rotatable bonds is 5. The summed E-state index contributed by atoms with van der Waals surface area (Å²) < 4.78 is 33.2. The van der Waals surface area contributed by atoms with E-state index in [2.05, 4.69) is 13.8 Å². The van der Waals surface area contributed by atoms with Crippen molar-refractivity contribution < 1.29 is 13.2 Å². The highest BCUT2D eigenvalue weighted by molar-refractivity contribution is 7.89. The van der Waals surface area contributed by atoms with Gasteiger partial charge in [-0.3, -0.25) is 0 Å². The first-order valence-electron chi connectivity index (χ1n) is 7.68. The maximum Gasteiger partial charge on any atom is 0.243 e. The molecular formula is C16H23NO3S. The summed E-state index contributed by atoms with van der Waals surface area (Å²) in [6, 6.07) is 8.74. The van der Waals surface area contributed by atoms with E-state index < -0.39 is 10.0 Å². The van der Waals surface area contributed by atoms with Crippen LogP contribution in [-0.4, -0.2) is 38.0 Å². The lowest BCUT2D eigenvalue weighted by atomic mass is 10.1. The second-order valence-corrected chi connectivity index (χ2v) is 8.37. The van der Waals surface area contributed by atoms with E-state index in [0.29, 0.717) is 29.9 Å². The number of ether oxygens (including phenoxy) is 1. The number of hydrogen-bond acceptors (Lipinski definition) is 3. The number of sulfonamides is 1.